The fourth-order valence-corrected chi connectivity index (χ4v) is 1.42. The summed E-state index contributed by atoms with van der Waals surface area (Å²) < 4.78 is 38.3. The maximum Gasteiger partial charge on any atom is 0.586 e. The summed E-state index contributed by atoms with van der Waals surface area (Å²) in [7, 11) is 1.18. The van der Waals surface area contributed by atoms with Crippen LogP contribution in [0.1, 0.15) is 11.6 Å². The smallest absolute Gasteiger partial charge is 0.468 e. The highest BCUT2D eigenvalue weighted by atomic mass is 19.3. The van der Waals surface area contributed by atoms with Crippen molar-refractivity contribution in [3.8, 4) is 11.5 Å². The molecular formula is C10H9F2NO4. The van der Waals surface area contributed by atoms with E-state index in [0.29, 0.717) is 5.56 Å². The summed E-state index contributed by atoms with van der Waals surface area (Å²) in [6.45, 7) is 0. The molecule has 7 heteroatoms. The number of carbonyl (C=O) groups is 1. The van der Waals surface area contributed by atoms with Crippen molar-refractivity contribution in [2.24, 2.45) is 5.73 Å². The number of rotatable bonds is 2. The van der Waals surface area contributed by atoms with Gasteiger partial charge in [-0.3, -0.25) is 4.79 Å². The standard InChI is InChI=1S/C10H9F2NO4/c1-15-9(14)8(13)5-2-3-6-7(4-5)17-10(11,12)16-6/h2-4,8H,13H2,1H3. The number of alkyl halides is 2. The van der Waals surface area contributed by atoms with Crippen molar-refractivity contribution in [2.45, 2.75) is 12.3 Å². The fraction of sp³-hybridized carbons (Fsp3) is 0.300. The molecule has 0 saturated carbocycles. The van der Waals surface area contributed by atoms with Gasteiger partial charge in [0.25, 0.3) is 0 Å². The van der Waals surface area contributed by atoms with Crippen molar-refractivity contribution in [3.05, 3.63) is 23.8 Å². The van der Waals surface area contributed by atoms with Crippen LogP contribution in [-0.4, -0.2) is 19.4 Å². The highest BCUT2D eigenvalue weighted by Crippen LogP contribution is 2.41. The maximum atomic E-state index is 12.7. The second kappa shape index (κ2) is 3.85. The van der Waals surface area contributed by atoms with E-state index in [2.05, 4.69) is 14.2 Å². The number of carbonyl (C=O) groups excluding carboxylic acids is 1. The minimum absolute atomic E-state index is 0.101. The second-order valence-electron chi connectivity index (χ2n) is 3.37. The van der Waals surface area contributed by atoms with Crippen molar-refractivity contribution in [2.75, 3.05) is 7.11 Å². The number of ether oxygens (including phenoxy) is 3. The Morgan fingerprint density at radius 1 is 1.41 bits per heavy atom. The maximum absolute atomic E-state index is 12.7. The van der Waals surface area contributed by atoms with E-state index in [-0.39, 0.29) is 11.5 Å². The van der Waals surface area contributed by atoms with Gasteiger partial charge in [-0.1, -0.05) is 6.07 Å². The Bertz CT molecular complexity index is 464. The Morgan fingerprint density at radius 2 is 2.06 bits per heavy atom. The van der Waals surface area contributed by atoms with E-state index in [1.54, 1.807) is 0 Å². The number of methoxy groups -OCH3 is 1. The van der Waals surface area contributed by atoms with Crippen LogP contribution in [0, 0.1) is 0 Å². The highest BCUT2D eigenvalue weighted by Gasteiger charge is 2.43. The van der Waals surface area contributed by atoms with Gasteiger partial charge in [0.2, 0.25) is 0 Å². The van der Waals surface area contributed by atoms with E-state index < -0.39 is 18.3 Å². The highest BCUT2D eigenvalue weighted by molar-refractivity contribution is 5.77. The number of halogens is 2. The first-order valence-electron chi connectivity index (χ1n) is 4.66. The summed E-state index contributed by atoms with van der Waals surface area (Å²) >= 11 is 0. The second-order valence-corrected chi connectivity index (χ2v) is 3.37. The molecule has 0 spiro atoms. The Balaban J connectivity index is 2.28. The summed E-state index contributed by atoms with van der Waals surface area (Å²) in [4.78, 5) is 11.2. The van der Waals surface area contributed by atoms with Crippen molar-refractivity contribution in [1.82, 2.24) is 0 Å². The molecule has 1 aliphatic rings. The molecule has 2 N–H and O–H groups in total. The van der Waals surface area contributed by atoms with Gasteiger partial charge in [-0.05, 0) is 17.7 Å². The largest absolute Gasteiger partial charge is 0.586 e. The van der Waals surface area contributed by atoms with Crippen molar-refractivity contribution in [3.63, 3.8) is 0 Å². The molecule has 5 nitrogen and oxygen atoms in total. The molecule has 0 amide bonds. The number of nitrogens with two attached hydrogens (primary N) is 1. The normalized spacial score (nSPS) is 17.6. The van der Waals surface area contributed by atoms with Gasteiger partial charge in [0.1, 0.15) is 6.04 Å². The van der Waals surface area contributed by atoms with Crippen molar-refractivity contribution < 1.29 is 27.8 Å². The number of benzene rings is 1. The number of fused-ring (bicyclic) bond motifs is 1. The third-order valence-corrected chi connectivity index (χ3v) is 2.24. The number of hydrogen-bond donors (Lipinski definition) is 1. The summed E-state index contributed by atoms with van der Waals surface area (Å²) in [5.41, 5.74) is 5.85. The van der Waals surface area contributed by atoms with E-state index in [1.165, 1.54) is 25.3 Å². The Hall–Kier alpha value is -1.89. The lowest BCUT2D eigenvalue weighted by Gasteiger charge is -2.09. The fourth-order valence-electron chi connectivity index (χ4n) is 1.42. The quantitative estimate of drug-likeness (QED) is 0.792. The van der Waals surface area contributed by atoms with Crippen LogP contribution in [0.5, 0.6) is 11.5 Å². The minimum Gasteiger partial charge on any atom is -0.468 e. The molecule has 17 heavy (non-hydrogen) atoms. The third-order valence-electron chi connectivity index (χ3n) is 2.24. The molecule has 1 atom stereocenters. The molecule has 1 unspecified atom stereocenters. The molecule has 0 aromatic heterocycles. The van der Waals surface area contributed by atoms with Crippen LogP contribution < -0.4 is 15.2 Å². The zero-order chi connectivity index (χ0) is 12.6. The average Bonchev–Trinajstić information content (AvgIpc) is 2.59. The molecule has 2 rings (SSSR count). The summed E-state index contributed by atoms with van der Waals surface area (Å²) in [6.07, 6.45) is -3.68. The van der Waals surface area contributed by atoms with Gasteiger partial charge in [0, 0.05) is 0 Å². The minimum atomic E-state index is -3.68. The first-order chi connectivity index (χ1) is 7.93. The lowest BCUT2D eigenvalue weighted by molar-refractivity contribution is -0.286. The molecule has 1 aliphatic heterocycles. The average molecular weight is 245 g/mol. The van der Waals surface area contributed by atoms with Crippen LogP contribution in [0.4, 0.5) is 8.78 Å². The predicted octanol–water partition coefficient (Wildman–Crippen LogP) is 1.18. The van der Waals surface area contributed by atoms with Gasteiger partial charge in [0.15, 0.2) is 11.5 Å². The zero-order valence-corrected chi connectivity index (χ0v) is 8.78. The van der Waals surface area contributed by atoms with Gasteiger partial charge in [-0.2, -0.15) is 0 Å². The molecule has 92 valence electrons. The molecular weight excluding hydrogens is 236 g/mol. The van der Waals surface area contributed by atoms with Crippen LogP contribution in [0.3, 0.4) is 0 Å². The number of esters is 1. The Kier molecular flexibility index (Phi) is 2.62. The predicted molar refractivity (Wildman–Crippen MR) is 51.6 cm³/mol. The lowest BCUT2D eigenvalue weighted by Crippen LogP contribution is -2.26. The van der Waals surface area contributed by atoms with E-state index in [9.17, 15) is 13.6 Å². The van der Waals surface area contributed by atoms with Gasteiger partial charge >= 0.3 is 12.3 Å². The van der Waals surface area contributed by atoms with Crippen LogP contribution in [0.25, 0.3) is 0 Å². The van der Waals surface area contributed by atoms with Gasteiger partial charge in [-0.25, -0.2) is 0 Å². The summed E-state index contributed by atoms with van der Waals surface area (Å²) in [5.74, 6) is -0.932. The summed E-state index contributed by atoms with van der Waals surface area (Å²) in [5, 5.41) is 0. The summed E-state index contributed by atoms with van der Waals surface area (Å²) in [6, 6.07) is 2.82. The Labute approximate surface area is 95.1 Å². The van der Waals surface area contributed by atoms with Crippen molar-refractivity contribution in [1.29, 1.82) is 0 Å². The number of hydrogen-bond acceptors (Lipinski definition) is 5. The lowest BCUT2D eigenvalue weighted by atomic mass is 10.1. The van der Waals surface area contributed by atoms with E-state index >= 15 is 0 Å². The topological polar surface area (TPSA) is 70.8 Å². The van der Waals surface area contributed by atoms with Crippen molar-refractivity contribution >= 4 is 5.97 Å². The first-order valence-corrected chi connectivity index (χ1v) is 4.66. The van der Waals surface area contributed by atoms with E-state index in [1.807, 2.05) is 0 Å². The molecule has 0 bridgehead atoms. The third kappa shape index (κ3) is 2.14. The van der Waals surface area contributed by atoms with Gasteiger partial charge in [0.05, 0.1) is 7.11 Å². The molecule has 1 heterocycles. The first kappa shape index (κ1) is 11.6. The van der Waals surface area contributed by atoms with Gasteiger partial charge < -0.3 is 19.9 Å². The Morgan fingerprint density at radius 3 is 2.71 bits per heavy atom. The van der Waals surface area contributed by atoms with Gasteiger partial charge in [-0.15, -0.1) is 8.78 Å². The molecule has 1 aromatic rings. The van der Waals surface area contributed by atoms with Crippen LogP contribution >= 0.6 is 0 Å². The van der Waals surface area contributed by atoms with E-state index in [4.69, 9.17) is 5.73 Å². The molecule has 0 radical (unpaired) electrons. The zero-order valence-electron chi connectivity index (χ0n) is 8.78. The van der Waals surface area contributed by atoms with Crippen LogP contribution in [0.15, 0.2) is 18.2 Å². The SMILES string of the molecule is COC(=O)C(N)c1ccc2c(c1)OC(F)(F)O2. The van der Waals surface area contributed by atoms with Crippen LogP contribution in [0.2, 0.25) is 0 Å². The molecule has 0 fully saturated rings. The molecule has 0 saturated heterocycles. The molecule has 1 aromatic carbocycles. The molecule has 0 aliphatic carbocycles. The van der Waals surface area contributed by atoms with Crippen LogP contribution in [-0.2, 0) is 9.53 Å². The monoisotopic (exact) mass is 245 g/mol. The van der Waals surface area contributed by atoms with E-state index in [0.717, 1.165) is 0 Å².